The smallest absolute Gasteiger partial charge is 0.292 e. The molecule has 1 aliphatic heterocycles. The highest BCUT2D eigenvalue weighted by molar-refractivity contribution is 9.10. The van der Waals surface area contributed by atoms with Crippen LogP contribution >= 0.6 is 27.5 Å². The van der Waals surface area contributed by atoms with Crippen molar-refractivity contribution in [3.05, 3.63) is 87.1 Å². The minimum atomic E-state index is -0.496. The second-order valence-corrected chi connectivity index (χ2v) is 8.51. The van der Waals surface area contributed by atoms with Crippen molar-refractivity contribution >= 4 is 39.3 Å². The molecule has 0 atom stereocenters. The van der Waals surface area contributed by atoms with Gasteiger partial charge in [-0.15, -0.1) is 0 Å². The van der Waals surface area contributed by atoms with Crippen molar-refractivity contribution in [3.8, 4) is 17.2 Å². The monoisotopic (exact) mass is 547 g/mol. The van der Waals surface area contributed by atoms with Gasteiger partial charge in [-0.2, -0.15) is 5.10 Å². The lowest BCUT2D eigenvalue weighted by atomic mass is 10.2. The normalized spacial score (nSPS) is 12.1. The van der Waals surface area contributed by atoms with Crippen molar-refractivity contribution in [1.29, 1.82) is 0 Å². The number of amides is 1. The van der Waals surface area contributed by atoms with Crippen molar-refractivity contribution in [3.63, 3.8) is 0 Å². The fraction of sp³-hybridized carbons (Fsp3) is 0.130. The Morgan fingerprint density at radius 1 is 1.21 bits per heavy atom. The van der Waals surface area contributed by atoms with E-state index in [1.54, 1.807) is 36.5 Å². The van der Waals surface area contributed by atoms with Gasteiger partial charge in [0.15, 0.2) is 23.1 Å². The van der Waals surface area contributed by atoms with Crippen LogP contribution in [0.3, 0.4) is 0 Å². The van der Waals surface area contributed by atoms with Crippen LogP contribution in [0.4, 0.5) is 10.2 Å². The number of aromatic nitrogens is 2. The maximum absolute atomic E-state index is 14.1. The van der Waals surface area contributed by atoms with Gasteiger partial charge in [0.2, 0.25) is 6.79 Å². The maximum Gasteiger partial charge on any atom is 0.292 e. The minimum absolute atomic E-state index is 0.0860. The van der Waals surface area contributed by atoms with Gasteiger partial charge >= 0.3 is 0 Å². The molecule has 174 valence electrons. The average Bonchev–Trinajstić information content (AvgIpc) is 3.55. The molecule has 2 aromatic carbocycles. The zero-order chi connectivity index (χ0) is 23.7. The lowest BCUT2D eigenvalue weighted by molar-refractivity contribution is 0.0992. The van der Waals surface area contributed by atoms with Gasteiger partial charge < -0.3 is 23.9 Å². The summed E-state index contributed by atoms with van der Waals surface area (Å²) >= 11 is 9.44. The molecule has 0 fully saturated rings. The molecule has 3 heterocycles. The number of rotatable bonds is 7. The van der Waals surface area contributed by atoms with Crippen molar-refractivity contribution in [2.24, 2.45) is 0 Å². The van der Waals surface area contributed by atoms with Crippen molar-refractivity contribution in [1.82, 2.24) is 9.78 Å². The third kappa shape index (κ3) is 4.73. The molecule has 0 bridgehead atoms. The van der Waals surface area contributed by atoms with Crippen LogP contribution in [-0.4, -0.2) is 22.5 Å². The van der Waals surface area contributed by atoms with E-state index in [-0.39, 0.29) is 31.5 Å². The number of hydrogen-bond acceptors (Lipinski definition) is 6. The van der Waals surface area contributed by atoms with E-state index in [2.05, 4.69) is 26.3 Å². The summed E-state index contributed by atoms with van der Waals surface area (Å²) in [5.41, 5.74) is 0.301. The molecule has 34 heavy (non-hydrogen) atoms. The summed E-state index contributed by atoms with van der Waals surface area (Å²) in [6, 6.07) is 12.9. The van der Waals surface area contributed by atoms with Gasteiger partial charge in [0.1, 0.15) is 23.9 Å². The summed E-state index contributed by atoms with van der Waals surface area (Å²) in [5.74, 6) is 1.72. The summed E-state index contributed by atoms with van der Waals surface area (Å²) in [6.45, 7) is 0.400. The number of carbonyl (C=O) groups is 1. The lowest BCUT2D eigenvalue weighted by Crippen LogP contribution is -2.12. The molecule has 1 aliphatic rings. The number of nitrogens with one attached hydrogen (secondary N) is 1. The topological polar surface area (TPSA) is 87.8 Å². The number of furan rings is 1. The third-order valence-electron chi connectivity index (χ3n) is 4.94. The first kappa shape index (κ1) is 22.3. The van der Waals surface area contributed by atoms with Crippen LogP contribution in [-0.2, 0) is 13.2 Å². The molecular weight excluding hydrogens is 533 g/mol. The van der Waals surface area contributed by atoms with Crippen LogP contribution < -0.4 is 19.5 Å². The summed E-state index contributed by atoms with van der Waals surface area (Å²) in [5, 5.41) is 7.25. The standard InChI is InChI=1S/C23H16BrClFN3O5/c24-16-10-29(9-15-17(25)2-1-3-18(15)26)28-22(16)27-23(30)20-7-5-14(34-20)11-31-13-4-6-19-21(8-13)33-12-32-19/h1-8,10H,9,11-12H2,(H,27,28,30). The van der Waals surface area contributed by atoms with Crippen LogP contribution in [0.2, 0.25) is 5.02 Å². The lowest BCUT2D eigenvalue weighted by Gasteiger charge is -2.06. The van der Waals surface area contributed by atoms with Crippen LogP contribution in [0, 0.1) is 5.82 Å². The molecule has 0 saturated heterocycles. The highest BCUT2D eigenvalue weighted by Gasteiger charge is 2.18. The number of nitrogens with zero attached hydrogens (tertiary/aromatic N) is 2. The summed E-state index contributed by atoms with van der Waals surface area (Å²) in [6.07, 6.45) is 1.62. The fourth-order valence-corrected chi connectivity index (χ4v) is 3.91. The number of carbonyl (C=O) groups excluding carboxylic acids is 1. The van der Waals surface area contributed by atoms with E-state index in [0.717, 1.165) is 0 Å². The highest BCUT2D eigenvalue weighted by Crippen LogP contribution is 2.35. The Morgan fingerprint density at radius 3 is 2.91 bits per heavy atom. The van der Waals surface area contributed by atoms with Gasteiger partial charge in [-0.1, -0.05) is 17.7 Å². The van der Waals surface area contributed by atoms with Crippen molar-refractivity contribution < 1.29 is 27.8 Å². The molecule has 0 unspecified atom stereocenters. The zero-order valence-electron chi connectivity index (χ0n) is 17.4. The number of halogens is 3. The van der Waals surface area contributed by atoms with E-state index in [4.69, 9.17) is 30.2 Å². The highest BCUT2D eigenvalue weighted by atomic mass is 79.9. The Balaban J connectivity index is 1.21. The number of anilines is 1. The molecule has 0 saturated carbocycles. The average molecular weight is 549 g/mol. The number of hydrogen-bond donors (Lipinski definition) is 1. The molecule has 0 spiro atoms. The van der Waals surface area contributed by atoms with Crippen molar-refractivity contribution in [2.75, 3.05) is 12.1 Å². The Labute approximate surface area is 206 Å². The van der Waals surface area contributed by atoms with Gasteiger partial charge in [0, 0.05) is 22.8 Å². The van der Waals surface area contributed by atoms with E-state index < -0.39 is 11.7 Å². The van der Waals surface area contributed by atoms with Gasteiger partial charge in [-0.05, 0) is 52.3 Å². The predicted octanol–water partition coefficient (Wildman–Crippen LogP) is 5.64. The summed E-state index contributed by atoms with van der Waals surface area (Å²) in [7, 11) is 0. The van der Waals surface area contributed by atoms with E-state index in [1.165, 1.54) is 22.9 Å². The Bertz CT molecular complexity index is 1350. The molecule has 5 rings (SSSR count). The summed E-state index contributed by atoms with van der Waals surface area (Å²) < 4.78 is 37.9. The number of benzene rings is 2. The molecule has 4 aromatic rings. The van der Waals surface area contributed by atoms with Gasteiger partial charge in [0.25, 0.3) is 5.91 Å². The predicted molar refractivity (Wildman–Crippen MR) is 124 cm³/mol. The van der Waals surface area contributed by atoms with Gasteiger partial charge in [0.05, 0.1) is 11.0 Å². The molecule has 1 amide bonds. The Hall–Kier alpha value is -3.50. The van der Waals surface area contributed by atoms with E-state index in [0.29, 0.717) is 38.1 Å². The maximum atomic E-state index is 14.1. The molecule has 8 nitrogen and oxygen atoms in total. The first-order chi connectivity index (χ1) is 16.5. The number of ether oxygens (including phenoxy) is 3. The largest absolute Gasteiger partial charge is 0.486 e. The minimum Gasteiger partial charge on any atom is -0.486 e. The quantitative estimate of drug-likeness (QED) is 0.322. The van der Waals surface area contributed by atoms with E-state index in [1.807, 2.05) is 0 Å². The zero-order valence-corrected chi connectivity index (χ0v) is 19.7. The van der Waals surface area contributed by atoms with Crippen molar-refractivity contribution in [2.45, 2.75) is 13.2 Å². The Kier molecular flexibility index (Phi) is 6.16. The molecular formula is C23H16BrClFN3O5. The SMILES string of the molecule is O=C(Nc1nn(Cc2c(F)cccc2Cl)cc1Br)c1ccc(COc2ccc3c(c2)OCO3)o1. The first-order valence-electron chi connectivity index (χ1n) is 10.0. The van der Waals surface area contributed by atoms with E-state index >= 15 is 0 Å². The summed E-state index contributed by atoms with van der Waals surface area (Å²) in [4.78, 5) is 12.6. The van der Waals surface area contributed by atoms with Crippen LogP contribution in [0.15, 0.2) is 63.6 Å². The van der Waals surface area contributed by atoms with Crippen LogP contribution in [0.1, 0.15) is 21.9 Å². The molecule has 2 aromatic heterocycles. The molecule has 1 N–H and O–H groups in total. The third-order valence-corrected chi connectivity index (χ3v) is 5.88. The van der Waals surface area contributed by atoms with Gasteiger partial charge in [-0.3, -0.25) is 9.48 Å². The molecule has 11 heteroatoms. The van der Waals surface area contributed by atoms with Gasteiger partial charge in [-0.25, -0.2) is 4.39 Å². The number of fused-ring (bicyclic) bond motifs is 1. The molecule has 0 aliphatic carbocycles. The molecule has 0 radical (unpaired) electrons. The second kappa shape index (κ2) is 9.40. The fourth-order valence-electron chi connectivity index (χ4n) is 3.28. The Morgan fingerprint density at radius 2 is 2.06 bits per heavy atom. The van der Waals surface area contributed by atoms with Crippen LogP contribution in [0.25, 0.3) is 0 Å². The van der Waals surface area contributed by atoms with E-state index in [9.17, 15) is 9.18 Å². The second-order valence-electron chi connectivity index (χ2n) is 7.25. The van der Waals surface area contributed by atoms with Crippen LogP contribution in [0.5, 0.6) is 17.2 Å². The first-order valence-corrected chi connectivity index (χ1v) is 11.2.